The number of likely N-dealkylation sites (tertiary alicyclic amines) is 1. The molecule has 2 aromatic rings. The Bertz CT molecular complexity index is 760. The summed E-state index contributed by atoms with van der Waals surface area (Å²) in [6.45, 7) is 5.02. The first kappa shape index (κ1) is 18.2. The largest absolute Gasteiger partial charge is 0.460 e. The molecule has 1 heterocycles. The Morgan fingerprint density at radius 3 is 2.19 bits per heavy atom. The summed E-state index contributed by atoms with van der Waals surface area (Å²) < 4.78 is 5.72. The number of carbonyl (C=O) groups is 2. The molecule has 0 radical (unpaired) electrons. The van der Waals surface area contributed by atoms with Crippen molar-refractivity contribution in [3.05, 3.63) is 71.3 Å². The average Bonchev–Trinajstić information content (AvgIpc) is 2.68. The standard InChI is InChI=1S/C22H25NO3/c1-17-8-10-19(11-9-17)16-26-21(25)22(20-6-4-3-5-7-20)12-14-23(15-13-22)18(2)24/h3-11H,12-16H2,1-2H3. The lowest BCUT2D eigenvalue weighted by molar-refractivity contribution is -0.155. The van der Waals surface area contributed by atoms with Gasteiger partial charge in [-0.2, -0.15) is 0 Å². The molecule has 26 heavy (non-hydrogen) atoms. The van der Waals surface area contributed by atoms with E-state index in [0.717, 1.165) is 11.1 Å². The van der Waals surface area contributed by atoms with Crippen LogP contribution in [0.5, 0.6) is 0 Å². The van der Waals surface area contributed by atoms with Crippen LogP contribution in [0.1, 0.15) is 36.5 Å². The van der Waals surface area contributed by atoms with Crippen LogP contribution in [0, 0.1) is 6.92 Å². The normalized spacial score (nSPS) is 16.2. The second-order valence-corrected chi connectivity index (χ2v) is 7.02. The van der Waals surface area contributed by atoms with E-state index in [9.17, 15) is 9.59 Å². The molecule has 0 atom stereocenters. The summed E-state index contributed by atoms with van der Waals surface area (Å²) in [5.41, 5.74) is 2.45. The summed E-state index contributed by atoms with van der Waals surface area (Å²) in [6.07, 6.45) is 1.17. The number of nitrogens with zero attached hydrogens (tertiary/aromatic N) is 1. The van der Waals surface area contributed by atoms with E-state index in [1.54, 1.807) is 11.8 Å². The summed E-state index contributed by atoms with van der Waals surface area (Å²) in [5.74, 6) is -0.146. The molecular weight excluding hydrogens is 326 g/mol. The van der Waals surface area contributed by atoms with Crippen molar-refractivity contribution in [3.8, 4) is 0 Å². The van der Waals surface area contributed by atoms with Gasteiger partial charge in [0.1, 0.15) is 6.61 Å². The Labute approximate surface area is 154 Å². The number of hydrogen-bond acceptors (Lipinski definition) is 3. The fraction of sp³-hybridized carbons (Fsp3) is 0.364. The topological polar surface area (TPSA) is 46.6 Å². The zero-order valence-corrected chi connectivity index (χ0v) is 15.4. The molecule has 4 nitrogen and oxygen atoms in total. The van der Waals surface area contributed by atoms with Crippen LogP contribution in [0.4, 0.5) is 0 Å². The minimum absolute atomic E-state index is 0.0553. The van der Waals surface area contributed by atoms with Gasteiger partial charge in [0, 0.05) is 20.0 Å². The fourth-order valence-electron chi connectivity index (χ4n) is 3.54. The predicted molar refractivity (Wildman–Crippen MR) is 101 cm³/mol. The van der Waals surface area contributed by atoms with Gasteiger partial charge in [0.2, 0.25) is 5.91 Å². The Morgan fingerprint density at radius 1 is 1.00 bits per heavy atom. The molecule has 0 unspecified atom stereocenters. The lowest BCUT2D eigenvalue weighted by Crippen LogP contribution is -2.49. The summed E-state index contributed by atoms with van der Waals surface area (Å²) >= 11 is 0. The molecule has 136 valence electrons. The molecule has 1 amide bonds. The van der Waals surface area contributed by atoms with Gasteiger partial charge >= 0.3 is 5.97 Å². The van der Waals surface area contributed by atoms with Crippen LogP contribution in [0.3, 0.4) is 0 Å². The lowest BCUT2D eigenvalue weighted by Gasteiger charge is -2.40. The number of amides is 1. The first-order valence-corrected chi connectivity index (χ1v) is 9.05. The van der Waals surface area contributed by atoms with Crippen molar-refractivity contribution in [1.82, 2.24) is 4.90 Å². The molecule has 0 aliphatic carbocycles. The van der Waals surface area contributed by atoms with Gasteiger partial charge < -0.3 is 9.64 Å². The quantitative estimate of drug-likeness (QED) is 0.791. The number of hydrogen-bond donors (Lipinski definition) is 0. The molecule has 2 aromatic carbocycles. The van der Waals surface area contributed by atoms with Crippen molar-refractivity contribution in [2.24, 2.45) is 0 Å². The van der Waals surface area contributed by atoms with Crippen LogP contribution in [0.15, 0.2) is 54.6 Å². The third-order valence-corrected chi connectivity index (χ3v) is 5.27. The second-order valence-electron chi connectivity index (χ2n) is 7.02. The van der Waals surface area contributed by atoms with Gasteiger partial charge in [-0.25, -0.2) is 0 Å². The van der Waals surface area contributed by atoms with Gasteiger partial charge in [-0.3, -0.25) is 9.59 Å². The molecule has 0 spiro atoms. The van der Waals surface area contributed by atoms with Gasteiger partial charge in [-0.15, -0.1) is 0 Å². The number of aryl methyl sites for hydroxylation is 1. The van der Waals surface area contributed by atoms with Gasteiger partial charge in [0.15, 0.2) is 0 Å². The number of piperidine rings is 1. The molecular formula is C22H25NO3. The van der Waals surface area contributed by atoms with Gasteiger partial charge in [-0.1, -0.05) is 60.2 Å². The summed E-state index contributed by atoms with van der Waals surface area (Å²) in [6, 6.07) is 17.8. The number of rotatable bonds is 4. The highest BCUT2D eigenvalue weighted by molar-refractivity contribution is 5.84. The maximum atomic E-state index is 13.1. The van der Waals surface area contributed by atoms with Crippen molar-refractivity contribution in [1.29, 1.82) is 0 Å². The van der Waals surface area contributed by atoms with E-state index in [1.807, 2.05) is 61.5 Å². The van der Waals surface area contributed by atoms with Crippen LogP contribution in [0.2, 0.25) is 0 Å². The highest BCUT2D eigenvalue weighted by Gasteiger charge is 2.44. The van der Waals surface area contributed by atoms with Crippen LogP contribution < -0.4 is 0 Å². The third kappa shape index (κ3) is 3.79. The molecule has 1 aliphatic rings. The van der Waals surface area contributed by atoms with E-state index in [4.69, 9.17) is 4.74 Å². The van der Waals surface area contributed by atoms with Crippen LogP contribution in [0.25, 0.3) is 0 Å². The monoisotopic (exact) mass is 351 g/mol. The van der Waals surface area contributed by atoms with Crippen LogP contribution in [-0.2, 0) is 26.3 Å². The Morgan fingerprint density at radius 2 is 1.62 bits per heavy atom. The van der Waals surface area contributed by atoms with E-state index in [-0.39, 0.29) is 18.5 Å². The number of ether oxygens (including phenoxy) is 1. The average molecular weight is 351 g/mol. The van der Waals surface area contributed by atoms with E-state index >= 15 is 0 Å². The Hall–Kier alpha value is -2.62. The Balaban J connectivity index is 1.78. The maximum Gasteiger partial charge on any atom is 0.317 e. The molecule has 4 heteroatoms. The summed E-state index contributed by atoms with van der Waals surface area (Å²) in [7, 11) is 0. The molecule has 0 saturated carbocycles. The fourth-order valence-corrected chi connectivity index (χ4v) is 3.54. The molecule has 0 N–H and O–H groups in total. The zero-order valence-electron chi connectivity index (χ0n) is 15.4. The van der Waals surface area contributed by atoms with Crippen LogP contribution >= 0.6 is 0 Å². The molecule has 1 fully saturated rings. The van der Waals surface area contributed by atoms with Crippen molar-refractivity contribution in [2.75, 3.05) is 13.1 Å². The Kier molecular flexibility index (Phi) is 5.40. The zero-order chi connectivity index (χ0) is 18.6. The van der Waals surface area contributed by atoms with Crippen molar-refractivity contribution < 1.29 is 14.3 Å². The number of carbonyl (C=O) groups excluding carboxylic acids is 2. The summed E-state index contributed by atoms with van der Waals surface area (Å²) in [4.78, 5) is 26.6. The number of benzene rings is 2. The molecule has 3 rings (SSSR count). The predicted octanol–water partition coefficient (Wildman–Crippen LogP) is 3.62. The lowest BCUT2D eigenvalue weighted by atomic mass is 9.72. The molecule has 1 saturated heterocycles. The smallest absolute Gasteiger partial charge is 0.317 e. The van der Waals surface area contributed by atoms with Crippen LogP contribution in [-0.4, -0.2) is 29.9 Å². The highest BCUT2D eigenvalue weighted by atomic mass is 16.5. The van der Waals surface area contributed by atoms with Crippen molar-refractivity contribution >= 4 is 11.9 Å². The first-order valence-electron chi connectivity index (χ1n) is 9.05. The molecule has 0 bridgehead atoms. The van der Waals surface area contributed by atoms with Gasteiger partial charge in [-0.05, 0) is 30.9 Å². The maximum absolute atomic E-state index is 13.1. The minimum atomic E-state index is -0.683. The highest BCUT2D eigenvalue weighted by Crippen LogP contribution is 2.37. The van der Waals surface area contributed by atoms with E-state index in [2.05, 4.69) is 0 Å². The summed E-state index contributed by atoms with van der Waals surface area (Å²) in [5, 5.41) is 0. The molecule has 1 aliphatic heterocycles. The van der Waals surface area contributed by atoms with Crippen molar-refractivity contribution in [2.45, 2.75) is 38.7 Å². The minimum Gasteiger partial charge on any atom is -0.460 e. The number of esters is 1. The van der Waals surface area contributed by atoms with E-state index < -0.39 is 5.41 Å². The third-order valence-electron chi connectivity index (χ3n) is 5.27. The first-order chi connectivity index (χ1) is 12.5. The van der Waals surface area contributed by atoms with Gasteiger partial charge in [0.05, 0.1) is 5.41 Å². The van der Waals surface area contributed by atoms with E-state index in [0.29, 0.717) is 25.9 Å². The van der Waals surface area contributed by atoms with Crippen molar-refractivity contribution in [3.63, 3.8) is 0 Å². The van der Waals surface area contributed by atoms with Gasteiger partial charge in [0.25, 0.3) is 0 Å². The SMILES string of the molecule is CC(=O)N1CCC(C(=O)OCc2ccc(C)cc2)(c2ccccc2)CC1. The second kappa shape index (κ2) is 7.73. The van der Waals surface area contributed by atoms with E-state index in [1.165, 1.54) is 5.56 Å². The molecule has 0 aromatic heterocycles.